The van der Waals surface area contributed by atoms with Crippen LogP contribution in [-0.4, -0.2) is 16.9 Å². The third kappa shape index (κ3) is 2.23. The molecule has 2 aromatic rings. The lowest BCUT2D eigenvalue weighted by Crippen LogP contribution is -2.16. The number of benzene rings is 1. The molecule has 2 rings (SSSR count). The first kappa shape index (κ1) is 13.3. The number of nitrogens with zero attached hydrogens (tertiary/aromatic N) is 1. The van der Waals surface area contributed by atoms with Gasteiger partial charge in [-0.2, -0.15) is 13.2 Å². The smallest absolute Gasteiger partial charge is 0.433 e. The minimum atomic E-state index is -4.60. The van der Waals surface area contributed by atoms with Crippen molar-refractivity contribution < 1.29 is 17.9 Å². The lowest BCUT2D eigenvalue weighted by molar-refractivity contribution is -0.141. The summed E-state index contributed by atoms with van der Waals surface area (Å²) in [5.74, 6) is 0.305. The van der Waals surface area contributed by atoms with Gasteiger partial charge in [-0.3, -0.25) is 9.89 Å². The number of methoxy groups -OCH3 is 1. The van der Waals surface area contributed by atoms with Gasteiger partial charge in [0.2, 0.25) is 0 Å². The quantitative estimate of drug-likeness (QED) is 0.913. The Labute approximate surface area is 106 Å². The Morgan fingerprint density at radius 2 is 1.89 bits per heavy atom. The number of para-hydroxylation sites is 2. The maximum atomic E-state index is 12.7. The van der Waals surface area contributed by atoms with Gasteiger partial charge in [-0.1, -0.05) is 12.1 Å². The van der Waals surface area contributed by atoms with Crippen molar-refractivity contribution in [2.24, 2.45) is 0 Å². The molecule has 1 heterocycles. The van der Waals surface area contributed by atoms with Gasteiger partial charge in [0.1, 0.15) is 17.1 Å². The van der Waals surface area contributed by atoms with Gasteiger partial charge < -0.3 is 4.74 Å². The molecule has 0 spiro atoms. The van der Waals surface area contributed by atoms with E-state index in [-0.39, 0.29) is 11.3 Å². The fourth-order valence-electron chi connectivity index (χ4n) is 1.78. The van der Waals surface area contributed by atoms with Crippen molar-refractivity contribution in [2.45, 2.75) is 13.1 Å². The lowest BCUT2D eigenvalue weighted by atomic mass is 10.2. The number of rotatable bonds is 2. The van der Waals surface area contributed by atoms with Crippen molar-refractivity contribution in [1.29, 1.82) is 0 Å². The fraction of sp³-hybridized carbons (Fsp3) is 0.250. The second kappa shape index (κ2) is 4.49. The van der Waals surface area contributed by atoms with E-state index in [9.17, 15) is 18.0 Å². The molecule has 1 aromatic heterocycles. The third-order valence-corrected chi connectivity index (χ3v) is 2.73. The van der Waals surface area contributed by atoms with Gasteiger partial charge in [0.15, 0.2) is 0 Å². The largest absolute Gasteiger partial charge is 0.494 e. The number of halogens is 3. The standard InChI is InChI=1S/C12H11F3N2O2/c1-7-10(12(13,14)15)16-17(11(7)18)8-5-3-4-6-9(8)19-2/h3-6,16H,1-2H3. The van der Waals surface area contributed by atoms with E-state index in [1.54, 1.807) is 18.2 Å². The molecule has 1 N–H and O–H groups in total. The SMILES string of the molecule is COc1ccccc1-n1[nH]c(C(F)(F)F)c(C)c1=O. The van der Waals surface area contributed by atoms with Crippen LogP contribution < -0.4 is 10.3 Å². The van der Waals surface area contributed by atoms with Crippen LogP contribution in [0.5, 0.6) is 5.75 Å². The Kier molecular flexibility index (Phi) is 3.13. The van der Waals surface area contributed by atoms with E-state index in [2.05, 4.69) is 5.10 Å². The molecule has 0 unspecified atom stereocenters. The molecule has 0 aliphatic carbocycles. The molecule has 0 fully saturated rings. The molecule has 0 atom stereocenters. The maximum absolute atomic E-state index is 12.7. The Balaban J connectivity index is 2.68. The van der Waals surface area contributed by atoms with Gasteiger partial charge >= 0.3 is 6.18 Å². The lowest BCUT2D eigenvalue weighted by Gasteiger charge is -2.08. The summed E-state index contributed by atoms with van der Waals surface area (Å²) in [4.78, 5) is 11.9. The minimum absolute atomic E-state index is 0.230. The first-order chi connectivity index (χ1) is 8.86. The van der Waals surface area contributed by atoms with E-state index >= 15 is 0 Å². The van der Waals surface area contributed by atoms with Gasteiger partial charge in [-0.25, -0.2) is 4.68 Å². The normalized spacial score (nSPS) is 11.6. The number of hydrogen-bond acceptors (Lipinski definition) is 2. The van der Waals surface area contributed by atoms with Crippen molar-refractivity contribution >= 4 is 0 Å². The molecule has 0 aliphatic rings. The Morgan fingerprint density at radius 3 is 2.42 bits per heavy atom. The predicted molar refractivity (Wildman–Crippen MR) is 62.7 cm³/mol. The van der Waals surface area contributed by atoms with E-state index in [4.69, 9.17) is 4.74 Å². The van der Waals surface area contributed by atoms with E-state index in [1.807, 2.05) is 0 Å². The molecule has 102 valence electrons. The van der Waals surface area contributed by atoms with Crippen LogP contribution >= 0.6 is 0 Å². The van der Waals surface area contributed by atoms with Crippen LogP contribution in [0, 0.1) is 6.92 Å². The highest BCUT2D eigenvalue weighted by molar-refractivity contribution is 5.46. The first-order valence-electron chi connectivity index (χ1n) is 5.38. The number of H-pyrrole nitrogens is 1. The summed E-state index contributed by atoms with van der Waals surface area (Å²) < 4.78 is 44.0. The highest BCUT2D eigenvalue weighted by atomic mass is 19.4. The number of aromatic amines is 1. The molecule has 0 amide bonds. The number of aromatic nitrogens is 2. The van der Waals surface area contributed by atoms with Crippen molar-refractivity contribution in [2.75, 3.05) is 7.11 Å². The zero-order valence-corrected chi connectivity index (χ0v) is 10.2. The molecule has 0 radical (unpaired) electrons. The second-order valence-electron chi connectivity index (χ2n) is 3.92. The van der Waals surface area contributed by atoms with Gasteiger partial charge in [0.05, 0.1) is 7.11 Å². The zero-order valence-electron chi connectivity index (χ0n) is 10.2. The number of hydrogen-bond donors (Lipinski definition) is 1. The Bertz CT molecular complexity index is 656. The molecule has 4 nitrogen and oxygen atoms in total. The Hall–Kier alpha value is -2.18. The van der Waals surface area contributed by atoms with Crippen LogP contribution in [0.3, 0.4) is 0 Å². The third-order valence-electron chi connectivity index (χ3n) is 2.73. The fourth-order valence-corrected chi connectivity index (χ4v) is 1.78. The van der Waals surface area contributed by atoms with Crippen molar-refractivity contribution in [3.8, 4) is 11.4 Å². The molecular formula is C12H11F3N2O2. The molecule has 19 heavy (non-hydrogen) atoms. The molecule has 7 heteroatoms. The molecular weight excluding hydrogens is 261 g/mol. The van der Waals surface area contributed by atoms with E-state index < -0.39 is 17.4 Å². The summed E-state index contributed by atoms with van der Waals surface area (Å²) in [5, 5.41) is 2.08. The van der Waals surface area contributed by atoms with Crippen LogP contribution in [0.4, 0.5) is 13.2 Å². The summed E-state index contributed by atoms with van der Waals surface area (Å²) in [7, 11) is 1.38. The Morgan fingerprint density at radius 1 is 1.26 bits per heavy atom. The second-order valence-corrected chi connectivity index (χ2v) is 3.92. The monoisotopic (exact) mass is 272 g/mol. The van der Waals surface area contributed by atoms with Crippen LogP contribution in [0.2, 0.25) is 0 Å². The van der Waals surface area contributed by atoms with Gasteiger partial charge in [0.25, 0.3) is 5.56 Å². The highest BCUT2D eigenvalue weighted by Crippen LogP contribution is 2.30. The summed E-state index contributed by atoms with van der Waals surface area (Å²) >= 11 is 0. The maximum Gasteiger partial charge on any atom is 0.433 e. The number of ether oxygens (including phenoxy) is 1. The average Bonchev–Trinajstić information content (AvgIpc) is 2.66. The summed E-state index contributed by atoms with van der Waals surface area (Å²) in [6, 6.07) is 6.32. The van der Waals surface area contributed by atoms with Crippen molar-refractivity contribution in [3.05, 3.63) is 45.9 Å². The van der Waals surface area contributed by atoms with E-state index in [0.717, 1.165) is 11.6 Å². The van der Waals surface area contributed by atoms with E-state index in [0.29, 0.717) is 5.75 Å². The zero-order chi connectivity index (χ0) is 14.2. The van der Waals surface area contributed by atoms with Crippen molar-refractivity contribution in [1.82, 2.24) is 9.78 Å². The highest BCUT2D eigenvalue weighted by Gasteiger charge is 2.36. The summed E-state index contributed by atoms with van der Waals surface area (Å²) in [6.07, 6.45) is -4.60. The van der Waals surface area contributed by atoms with E-state index in [1.165, 1.54) is 13.2 Å². The summed E-state index contributed by atoms with van der Waals surface area (Å²) in [6.45, 7) is 1.13. The molecule has 1 aromatic carbocycles. The first-order valence-corrected chi connectivity index (χ1v) is 5.38. The van der Waals surface area contributed by atoms with Crippen molar-refractivity contribution in [3.63, 3.8) is 0 Å². The van der Waals surface area contributed by atoms with Crippen LogP contribution in [0.1, 0.15) is 11.3 Å². The van der Waals surface area contributed by atoms with Gasteiger partial charge in [-0.05, 0) is 19.1 Å². The molecule has 0 aliphatic heterocycles. The topological polar surface area (TPSA) is 47.0 Å². The van der Waals surface area contributed by atoms with Crippen LogP contribution in [0.25, 0.3) is 5.69 Å². The molecule has 0 saturated heterocycles. The minimum Gasteiger partial charge on any atom is -0.494 e. The number of alkyl halides is 3. The predicted octanol–water partition coefficient (Wildman–Crippen LogP) is 2.50. The van der Waals surface area contributed by atoms with Crippen LogP contribution in [-0.2, 0) is 6.18 Å². The van der Waals surface area contributed by atoms with Gasteiger partial charge in [-0.15, -0.1) is 0 Å². The van der Waals surface area contributed by atoms with Gasteiger partial charge in [0, 0.05) is 5.56 Å². The van der Waals surface area contributed by atoms with Crippen LogP contribution in [0.15, 0.2) is 29.1 Å². The molecule has 0 saturated carbocycles. The average molecular weight is 272 g/mol. The number of nitrogens with one attached hydrogen (secondary N) is 1. The summed E-state index contributed by atoms with van der Waals surface area (Å²) in [5.41, 5.74) is -1.95. The molecule has 0 bridgehead atoms.